The summed E-state index contributed by atoms with van der Waals surface area (Å²) in [7, 11) is -5.06. The molecule has 0 saturated carbocycles. The molecule has 0 unspecified atom stereocenters. The molecule has 0 aliphatic carbocycles. The van der Waals surface area contributed by atoms with Gasteiger partial charge in [0, 0.05) is 0 Å². The highest BCUT2D eigenvalue weighted by Gasteiger charge is 2.37. The number of hydrogen-bond donors (Lipinski definition) is 0. The van der Waals surface area contributed by atoms with Gasteiger partial charge in [-0.05, 0) is 51.9 Å². The lowest BCUT2D eigenvalue weighted by Gasteiger charge is -2.37. The van der Waals surface area contributed by atoms with Crippen LogP contribution in [0.25, 0.3) is 0 Å². The average molecular weight is 489 g/mol. The van der Waals surface area contributed by atoms with E-state index < -0.39 is 25.2 Å². The van der Waals surface area contributed by atoms with E-state index >= 15 is 0 Å². The third-order valence-corrected chi connectivity index (χ3v) is 16.1. The summed E-state index contributed by atoms with van der Waals surface area (Å²) >= 11 is 0. The lowest BCUT2D eigenvalue weighted by molar-refractivity contribution is 0.390. The molecule has 5 heteroatoms. The lowest BCUT2D eigenvalue weighted by Crippen LogP contribution is -2.51. The van der Waals surface area contributed by atoms with Gasteiger partial charge in [-0.15, -0.1) is 0 Å². The molecular formula is C26H60O2Si3. The summed E-state index contributed by atoms with van der Waals surface area (Å²) in [4.78, 5) is 0. The van der Waals surface area contributed by atoms with Crippen molar-refractivity contribution >= 4 is 25.2 Å². The van der Waals surface area contributed by atoms with Crippen LogP contribution in [0.3, 0.4) is 0 Å². The first kappa shape index (κ1) is 31.6. The summed E-state index contributed by atoms with van der Waals surface area (Å²) in [6.07, 6.45) is 24.5. The Morgan fingerprint density at radius 2 is 0.742 bits per heavy atom. The second-order valence-corrected chi connectivity index (χ2v) is 24.6. The molecule has 0 spiro atoms. The van der Waals surface area contributed by atoms with Crippen LogP contribution < -0.4 is 0 Å². The number of unbranched alkanes of at least 4 members (excludes halogenated alkanes) is 16. The van der Waals surface area contributed by atoms with Gasteiger partial charge in [0.05, 0.1) is 0 Å². The zero-order valence-corrected chi connectivity index (χ0v) is 26.0. The number of rotatable bonds is 22. The van der Waals surface area contributed by atoms with Crippen LogP contribution in [-0.4, -0.2) is 25.2 Å². The molecule has 0 rings (SSSR count). The zero-order chi connectivity index (χ0) is 23.6. The summed E-state index contributed by atoms with van der Waals surface area (Å²) < 4.78 is 13.0. The molecule has 0 radical (unpaired) electrons. The molecule has 0 aromatic rings. The van der Waals surface area contributed by atoms with Crippen molar-refractivity contribution in [1.29, 1.82) is 0 Å². The van der Waals surface area contributed by atoms with Crippen molar-refractivity contribution in [3.05, 3.63) is 0 Å². The molecule has 0 aromatic carbocycles. The maximum absolute atomic E-state index is 6.62. The SMILES string of the molecule is CCCCCCCCCCCCCCCCCCC[Si](C)(C)O[Si](C)(C)O[Si](C)(C)C. The van der Waals surface area contributed by atoms with Gasteiger partial charge in [0.25, 0.3) is 0 Å². The van der Waals surface area contributed by atoms with Gasteiger partial charge in [-0.25, -0.2) is 0 Å². The molecule has 0 fully saturated rings. The lowest BCUT2D eigenvalue weighted by atomic mass is 10.0. The standard InChI is InChI=1S/C26H60O2Si3/c1-9-10-11-12-13-14-15-16-17-18-19-20-21-22-23-24-25-26-30(5,6)28-31(7,8)27-29(2,3)4/h9-26H2,1-8H3. The van der Waals surface area contributed by atoms with E-state index in [9.17, 15) is 0 Å². The monoisotopic (exact) mass is 488 g/mol. The van der Waals surface area contributed by atoms with E-state index in [1.54, 1.807) is 0 Å². The summed E-state index contributed by atoms with van der Waals surface area (Å²) in [5.41, 5.74) is 0. The second kappa shape index (κ2) is 18.0. The highest BCUT2D eigenvalue weighted by atomic mass is 28.5. The molecule has 0 aliphatic heterocycles. The summed E-state index contributed by atoms with van der Waals surface area (Å²) in [5, 5.41) is 0. The van der Waals surface area contributed by atoms with Crippen LogP contribution in [0.5, 0.6) is 0 Å². The van der Waals surface area contributed by atoms with Crippen LogP contribution in [-0.2, 0) is 8.23 Å². The Balaban J connectivity index is 3.49. The van der Waals surface area contributed by atoms with Gasteiger partial charge in [0.1, 0.15) is 0 Å². The molecule has 0 atom stereocenters. The van der Waals surface area contributed by atoms with E-state index in [-0.39, 0.29) is 0 Å². The minimum Gasteiger partial charge on any atom is -0.437 e. The molecule has 0 bridgehead atoms. The van der Waals surface area contributed by atoms with E-state index in [2.05, 4.69) is 52.8 Å². The molecule has 0 saturated heterocycles. The fraction of sp³-hybridized carbons (Fsp3) is 1.00. The topological polar surface area (TPSA) is 18.5 Å². The molecule has 0 aliphatic rings. The van der Waals surface area contributed by atoms with Crippen molar-refractivity contribution in [2.24, 2.45) is 0 Å². The zero-order valence-electron chi connectivity index (χ0n) is 23.0. The van der Waals surface area contributed by atoms with Crippen LogP contribution in [0.4, 0.5) is 0 Å². The molecule has 0 heterocycles. The molecule has 0 amide bonds. The third kappa shape index (κ3) is 23.5. The van der Waals surface area contributed by atoms with E-state index in [1.807, 2.05) is 0 Å². The summed E-state index contributed by atoms with van der Waals surface area (Å²) in [5.74, 6) is 0. The van der Waals surface area contributed by atoms with Crippen molar-refractivity contribution < 1.29 is 8.23 Å². The number of hydrogen-bond acceptors (Lipinski definition) is 2. The van der Waals surface area contributed by atoms with Gasteiger partial charge in [0.2, 0.25) is 0 Å². The largest absolute Gasteiger partial charge is 0.437 e. The molecule has 0 aromatic heterocycles. The molecule has 31 heavy (non-hydrogen) atoms. The molecule has 188 valence electrons. The highest BCUT2D eigenvalue weighted by molar-refractivity contribution is 6.87. The predicted octanol–water partition coefficient (Wildman–Crippen LogP) is 10.4. The van der Waals surface area contributed by atoms with Crippen molar-refractivity contribution in [1.82, 2.24) is 0 Å². The second-order valence-electron chi connectivity index (χ2n) is 11.9. The van der Waals surface area contributed by atoms with Gasteiger partial charge in [-0.1, -0.05) is 116 Å². The molecule has 0 N–H and O–H groups in total. The van der Waals surface area contributed by atoms with Gasteiger partial charge in [0.15, 0.2) is 16.6 Å². The third-order valence-electron chi connectivity index (χ3n) is 5.96. The Kier molecular flexibility index (Phi) is 18.3. The Labute approximate surface area is 201 Å². The van der Waals surface area contributed by atoms with Crippen LogP contribution in [0.2, 0.25) is 51.9 Å². The van der Waals surface area contributed by atoms with Gasteiger partial charge < -0.3 is 8.23 Å². The van der Waals surface area contributed by atoms with Crippen molar-refractivity contribution in [3.63, 3.8) is 0 Å². The smallest absolute Gasteiger partial charge is 0.311 e. The first-order chi connectivity index (χ1) is 14.5. The quantitative estimate of drug-likeness (QED) is 0.111. The Morgan fingerprint density at radius 3 is 1.06 bits per heavy atom. The summed E-state index contributed by atoms with van der Waals surface area (Å²) in [6, 6.07) is 1.29. The van der Waals surface area contributed by atoms with Crippen molar-refractivity contribution in [2.75, 3.05) is 0 Å². The molecule has 2 nitrogen and oxygen atoms in total. The predicted molar refractivity (Wildman–Crippen MR) is 149 cm³/mol. The van der Waals surface area contributed by atoms with Crippen LogP contribution in [0.1, 0.15) is 116 Å². The van der Waals surface area contributed by atoms with Crippen molar-refractivity contribution in [3.8, 4) is 0 Å². The van der Waals surface area contributed by atoms with Crippen LogP contribution in [0.15, 0.2) is 0 Å². The minimum atomic E-state index is -1.96. The molecular weight excluding hydrogens is 429 g/mol. The van der Waals surface area contributed by atoms with Gasteiger partial charge in [-0.3, -0.25) is 0 Å². The normalized spacial score (nSPS) is 13.2. The van der Waals surface area contributed by atoms with Gasteiger partial charge >= 0.3 is 8.56 Å². The van der Waals surface area contributed by atoms with E-state index in [0.717, 1.165) is 0 Å². The highest BCUT2D eigenvalue weighted by Crippen LogP contribution is 2.25. The average Bonchev–Trinajstić information content (AvgIpc) is 2.61. The Hall–Kier alpha value is 0.571. The van der Waals surface area contributed by atoms with E-state index in [1.165, 1.54) is 115 Å². The van der Waals surface area contributed by atoms with E-state index in [0.29, 0.717) is 0 Å². The van der Waals surface area contributed by atoms with Crippen LogP contribution in [0, 0.1) is 0 Å². The van der Waals surface area contributed by atoms with Crippen LogP contribution >= 0.6 is 0 Å². The maximum atomic E-state index is 6.62. The first-order valence-corrected chi connectivity index (χ1v) is 23.2. The minimum absolute atomic E-state index is 1.29. The summed E-state index contributed by atoms with van der Waals surface area (Å²) in [6.45, 7) is 18.4. The Bertz CT molecular complexity index is 406. The Morgan fingerprint density at radius 1 is 0.419 bits per heavy atom. The van der Waals surface area contributed by atoms with E-state index in [4.69, 9.17) is 8.23 Å². The fourth-order valence-corrected chi connectivity index (χ4v) is 18.0. The first-order valence-electron chi connectivity index (χ1n) is 13.9. The maximum Gasteiger partial charge on any atom is 0.311 e. The fourth-order valence-electron chi connectivity index (χ4n) is 4.75. The van der Waals surface area contributed by atoms with Crippen molar-refractivity contribution in [2.45, 2.75) is 168 Å². The van der Waals surface area contributed by atoms with Gasteiger partial charge in [-0.2, -0.15) is 0 Å².